The average molecular weight is 370 g/mol. The maximum absolute atomic E-state index is 5.39. The first-order valence-electron chi connectivity index (χ1n) is 6.84. The maximum Gasteiger partial charge on any atom is 0.230 e. The molecule has 1 fully saturated rings. The summed E-state index contributed by atoms with van der Waals surface area (Å²) in [6.07, 6.45) is 0. The highest BCUT2D eigenvalue weighted by Crippen LogP contribution is 2.32. The van der Waals surface area contributed by atoms with Gasteiger partial charge in [-0.1, -0.05) is 0 Å². The van der Waals surface area contributed by atoms with Crippen LogP contribution in [0.15, 0.2) is 15.9 Å². The van der Waals surface area contributed by atoms with Crippen LogP contribution in [-0.4, -0.2) is 47.8 Å². The Morgan fingerprint density at radius 3 is 2.81 bits per heavy atom. The number of hydrogen-bond acceptors (Lipinski definition) is 7. The quantitative estimate of drug-likeness (QED) is 0.893. The van der Waals surface area contributed by atoms with E-state index in [1.807, 2.05) is 18.4 Å². The summed E-state index contributed by atoms with van der Waals surface area (Å²) < 4.78 is 6.40. The Bertz CT molecular complexity index is 614. The summed E-state index contributed by atoms with van der Waals surface area (Å²) in [6.45, 7) is 5.83. The number of thiophene rings is 1. The fraction of sp³-hybridized carbons (Fsp3) is 0.462. The number of hydrogen-bond donors (Lipinski definition) is 1. The summed E-state index contributed by atoms with van der Waals surface area (Å²) >= 11 is 5.16. The Morgan fingerprint density at radius 1 is 1.33 bits per heavy atom. The monoisotopic (exact) mass is 369 g/mol. The van der Waals surface area contributed by atoms with Gasteiger partial charge in [-0.25, -0.2) is 0 Å². The van der Waals surface area contributed by atoms with Gasteiger partial charge in [-0.15, -0.1) is 11.3 Å². The highest BCUT2D eigenvalue weighted by Gasteiger charge is 2.18. The number of aromatic nitrogens is 3. The molecule has 112 valence electrons. The van der Waals surface area contributed by atoms with Gasteiger partial charge in [0.1, 0.15) is 0 Å². The van der Waals surface area contributed by atoms with E-state index < -0.39 is 0 Å². The summed E-state index contributed by atoms with van der Waals surface area (Å²) in [7, 11) is 0. The lowest BCUT2D eigenvalue weighted by molar-refractivity contribution is 0.122. The molecule has 2 aromatic heterocycles. The number of ether oxygens (including phenoxy) is 1. The van der Waals surface area contributed by atoms with Gasteiger partial charge in [-0.2, -0.15) is 15.0 Å². The third kappa shape index (κ3) is 3.33. The van der Waals surface area contributed by atoms with Crippen molar-refractivity contribution in [3.63, 3.8) is 0 Å². The average Bonchev–Trinajstić information content (AvgIpc) is 2.94. The Hall–Kier alpha value is -1.25. The van der Waals surface area contributed by atoms with Gasteiger partial charge in [0.2, 0.25) is 11.9 Å². The van der Waals surface area contributed by atoms with Crippen LogP contribution in [0.5, 0.6) is 0 Å². The predicted octanol–water partition coefficient (Wildman–Crippen LogP) is 2.63. The lowest BCUT2D eigenvalue weighted by Gasteiger charge is -2.27. The van der Waals surface area contributed by atoms with Gasteiger partial charge >= 0.3 is 0 Å². The van der Waals surface area contributed by atoms with Gasteiger partial charge in [-0.05, 0) is 34.3 Å². The Labute approximate surface area is 135 Å². The Balaban J connectivity index is 1.99. The van der Waals surface area contributed by atoms with Crippen molar-refractivity contribution in [1.82, 2.24) is 15.0 Å². The molecular formula is C13H16BrN5OS. The van der Waals surface area contributed by atoms with E-state index in [4.69, 9.17) is 4.74 Å². The van der Waals surface area contributed by atoms with Crippen molar-refractivity contribution in [3.05, 3.63) is 15.9 Å². The summed E-state index contributed by atoms with van der Waals surface area (Å²) in [5, 5.41) is 5.20. The molecule has 0 atom stereocenters. The van der Waals surface area contributed by atoms with Gasteiger partial charge < -0.3 is 15.0 Å². The molecule has 21 heavy (non-hydrogen) atoms. The molecule has 0 aromatic carbocycles. The molecule has 1 aliphatic heterocycles. The first kappa shape index (κ1) is 14.7. The van der Waals surface area contributed by atoms with Crippen LogP contribution in [0.4, 0.5) is 11.9 Å². The van der Waals surface area contributed by atoms with E-state index in [1.54, 1.807) is 11.3 Å². The highest BCUT2D eigenvalue weighted by molar-refractivity contribution is 9.10. The number of halogens is 1. The van der Waals surface area contributed by atoms with Crippen LogP contribution in [0, 0.1) is 0 Å². The topological polar surface area (TPSA) is 63.2 Å². The van der Waals surface area contributed by atoms with E-state index in [2.05, 4.69) is 41.1 Å². The van der Waals surface area contributed by atoms with Crippen molar-refractivity contribution in [3.8, 4) is 10.7 Å². The number of morpholine rings is 1. The van der Waals surface area contributed by atoms with E-state index in [0.717, 1.165) is 29.0 Å². The van der Waals surface area contributed by atoms with Gasteiger partial charge in [0.15, 0.2) is 5.82 Å². The molecule has 0 radical (unpaired) electrons. The zero-order valence-corrected chi connectivity index (χ0v) is 14.1. The second-order valence-electron chi connectivity index (χ2n) is 4.51. The molecule has 2 aromatic rings. The molecule has 1 N–H and O–H groups in total. The van der Waals surface area contributed by atoms with Gasteiger partial charge in [0, 0.05) is 24.1 Å². The number of anilines is 2. The van der Waals surface area contributed by atoms with E-state index in [0.29, 0.717) is 30.9 Å². The van der Waals surface area contributed by atoms with Gasteiger partial charge in [-0.3, -0.25) is 0 Å². The van der Waals surface area contributed by atoms with Crippen molar-refractivity contribution < 1.29 is 4.74 Å². The minimum absolute atomic E-state index is 0.615. The molecule has 0 amide bonds. The van der Waals surface area contributed by atoms with Crippen molar-refractivity contribution >= 4 is 39.2 Å². The third-order valence-corrected chi connectivity index (χ3v) is 4.91. The second-order valence-corrected chi connectivity index (χ2v) is 6.28. The smallest absolute Gasteiger partial charge is 0.230 e. The molecule has 0 saturated carbocycles. The van der Waals surface area contributed by atoms with Gasteiger partial charge in [0.05, 0.1) is 18.1 Å². The fourth-order valence-corrected chi connectivity index (χ4v) is 3.54. The maximum atomic E-state index is 5.39. The molecule has 0 aliphatic carbocycles. The molecule has 0 unspecified atom stereocenters. The van der Waals surface area contributed by atoms with Crippen LogP contribution in [0.3, 0.4) is 0 Å². The summed E-state index contributed by atoms with van der Waals surface area (Å²) in [5.74, 6) is 2.02. The Kier molecular flexibility index (Phi) is 4.67. The van der Waals surface area contributed by atoms with Crippen molar-refractivity contribution in [2.24, 2.45) is 0 Å². The molecule has 1 saturated heterocycles. The Morgan fingerprint density at radius 2 is 2.14 bits per heavy atom. The summed E-state index contributed by atoms with van der Waals surface area (Å²) in [5.41, 5.74) is 0. The molecule has 3 heterocycles. The van der Waals surface area contributed by atoms with E-state index in [1.165, 1.54) is 0 Å². The largest absolute Gasteiger partial charge is 0.378 e. The van der Waals surface area contributed by atoms with Crippen molar-refractivity contribution in [2.75, 3.05) is 43.1 Å². The predicted molar refractivity (Wildman–Crippen MR) is 88.0 cm³/mol. The fourth-order valence-electron chi connectivity index (χ4n) is 2.06. The van der Waals surface area contributed by atoms with Gasteiger partial charge in [0.25, 0.3) is 0 Å². The first-order valence-corrected chi connectivity index (χ1v) is 8.51. The van der Waals surface area contributed by atoms with E-state index >= 15 is 0 Å². The molecule has 6 nitrogen and oxygen atoms in total. The normalized spacial score (nSPS) is 15.2. The van der Waals surface area contributed by atoms with E-state index in [9.17, 15) is 0 Å². The summed E-state index contributed by atoms with van der Waals surface area (Å²) in [4.78, 5) is 16.8. The van der Waals surface area contributed by atoms with Crippen LogP contribution in [0.25, 0.3) is 10.7 Å². The van der Waals surface area contributed by atoms with Crippen LogP contribution in [-0.2, 0) is 4.74 Å². The minimum atomic E-state index is 0.615. The molecular weight excluding hydrogens is 354 g/mol. The van der Waals surface area contributed by atoms with Crippen LogP contribution < -0.4 is 10.2 Å². The third-order valence-electron chi connectivity index (χ3n) is 3.07. The standard InChI is InChI=1S/C13H16BrN5OS/c1-2-15-12-16-11(10-9(14)3-8-21-10)17-13(18-12)19-4-6-20-7-5-19/h3,8H,2,4-7H2,1H3,(H,15,16,17,18). The van der Waals surface area contributed by atoms with Crippen molar-refractivity contribution in [1.29, 1.82) is 0 Å². The summed E-state index contributed by atoms with van der Waals surface area (Å²) in [6, 6.07) is 2.01. The second kappa shape index (κ2) is 6.67. The lowest BCUT2D eigenvalue weighted by Crippen LogP contribution is -2.37. The number of rotatable bonds is 4. The van der Waals surface area contributed by atoms with Crippen LogP contribution in [0.2, 0.25) is 0 Å². The number of nitrogens with zero attached hydrogens (tertiary/aromatic N) is 4. The van der Waals surface area contributed by atoms with Crippen LogP contribution in [0.1, 0.15) is 6.92 Å². The SMILES string of the molecule is CCNc1nc(-c2sccc2Br)nc(N2CCOCC2)n1. The van der Waals surface area contributed by atoms with Crippen molar-refractivity contribution in [2.45, 2.75) is 6.92 Å². The van der Waals surface area contributed by atoms with Crippen LogP contribution >= 0.6 is 27.3 Å². The van der Waals surface area contributed by atoms with E-state index in [-0.39, 0.29) is 0 Å². The zero-order chi connectivity index (χ0) is 14.7. The molecule has 8 heteroatoms. The molecule has 1 aliphatic rings. The molecule has 0 bridgehead atoms. The lowest BCUT2D eigenvalue weighted by atomic mass is 10.4. The molecule has 3 rings (SSSR count). The molecule has 0 spiro atoms. The minimum Gasteiger partial charge on any atom is -0.378 e. The highest BCUT2D eigenvalue weighted by atomic mass is 79.9. The first-order chi connectivity index (χ1) is 10.3. The number of nitrogens with one attached hydrogen (secondary N) is 1. The zero-order valence-electron chi connectivity index (χ0n) is 11.7.